The van der Waals surface area contributed by atoms with Gasteiger partial charge in [-0.3, -0.25) is 14.9 Å². The summed E-state index contributed by atoms with van der Waals surface area (Å²) in [6.45, 7) is 4.33. The summed E-state index contributed by atoms with van der Waals surface area (Å²) >= 11 is 0. The molecule has 1 aliphatic rings. The van der Waals surface area contributed by atoms with Gasteiger partial charge in [-0.15, -0.1) is 0 Å². The van der Waals surface area contributed by atoms with Crippen molar-refractivity contribution in [3.63, 3.8) is 0 Å². The minimum absolute atomic E-state index is 0.00485. The average Bonchev–Trinajstić information content (AvgIpc) is 3.51. The molecule has 0 radical (unpaired) electrons. The van der Waals surface area contributed by atoms with Crippen LogP contribution in [0.3, 0.4) is 0 Å². The Bertz CT molecular complexity index is 1480. The van der Waals surface area contributed by atoms with Crippen molar-refractivity contribution in [2.45, 2.75) is 32.0 Å². The Morgan fingerprint density at radius 3 is 2.76 bits per heavy atom. The molecule has 0 bridgehead atoms. The lowest BCUT2D eigenvalue weighted by Gasteiger charge is -2.20. The lowest BCUT2D eigenvalue weighted by Crippen LogP contribution is -2.20. The molecule has 1 saturated heterocycles. The van der Waals surface area contributed by atoms with E-state index in [2.05, 4.69) is 41.3 Å². The minimum atomic E-state index is -4.54. The summed E-state index contributed by atoms with van der Waals surface area (Å²) in [6.07, 6.45) is 0.132. The van der Waals surface area contributed by atoms with Crippen LogP contribution >= 0.6 is 0 Å². The molecule has 1 aliphatic heterocycles. The fraction of sp³-hybridized carbons (Fsp3) is 0.333. The standard InChI is InChI=1S/C27H28F3N7O/c1-16-4-5-17(26(38)33-20-9-19(11-31-12-20)27(28,29)30)8-22(16)18-6-7-37(14-18)21-10-23-24(15-36(2)3)34-35-25(23)32-13-21/h4-5,8-13,18H,6-7,14-15H2,1-3H3,(H,33,38)(H,32,34,35). The molecular formula is C27H28F3N7O. The van der Waals surface area contributed by atoms with Crippen molar-refractivity contribution in [2.24, 2.45) is 0 Å². The van der Waals surface area contributed by atoms with Crippen molar-refractivity contribution in [1.29, 1.82) is 0 Å². The fourth-order valence-corrected chi connectivity index (χ4v) is 4.88. The first-order valence-corrected chi connectivity index (χ1v) is 12.3. The molecule has 11 heteroatoms. The van der Waals surface area contributed by atoms with Crippen LogP contribution in [0.25, 0.3) is 11.0 Å². The molecule has 1 atom stereocenters. The zero-order chi connectivity index (χ0) is 27.0. The molecule has 2 N–H and O–H groups in total. The van der Waals surface area contributed by atoms with E-state index in [1.165, 1.54) is 6.20 Å². The Balaban J connectivity index is 1.33. The van der Waals surface area contributed by atoms with E-state index in [9.17, 15) is 18.0 Å². The summed E-state index contributed by atoms with van der Waals surface area (Å²) in [4.78, 5) is 25.4. The summed E-state index contributed by atoms with van der Waals surface area (Å²) in [5, 5.41) is 10.9. The van der Waals surface area contributed by atoms with Crippen molar-refractivity contribution in [2.75, 3.05) is 37.4 Å². The normalized spacial score (nSPS) is 16.0. The molecule has 0 spiro atoms. The van der Waals surface area contributed by atoms with Crippen molar-refractivity contribution in [3.8, 4) is 0 Å². The second-order valence-corrected chi connectivity index (χ2v) is 9.92. The van der Waals surface area contributed by atoms with E-state index in [0.29, 0.717) is 11.2 Å². The molecule has 1 unspecified atom stereocenters. The maximum atomic E-state index is 13.0. The number of hydrogen-bond acceptors (Lipinski definition) is 6. The topological polar surface area (TPSA) is 90.0 Å². The maximum absolute atomic E-state index is 13.0. The highest BCUT2D eigenvalue weighted by Crippen LogP contribution is 2.34. The third-order valence-corrected chi connectivity index (χ3v) is 6.81. The van der Waals surface area contributed by atoms with Crippen LogP contribution in [0.5, 0.6) is 0 Å². The van der Waals surface area contributed by atoms with Gasteiger partial charge in [-0.25, -0.2) is 4.98 Å². The Morgan fingerprint density at radius 1 is 1.18 bits per heavy atom. The van der Waals surface area contributed by atoms with E-state index in [0.717, 1.165) is 66.2 Å². The maximum Gasteiger partial charge on any atom is 0.417 e. The van der Waals surface area contributed by atoms with E-state index in [1.54, 1.807) is 6.07 Å². The molecule has 198 valence electrons. The molecule has 0 saturated carbocycles. The average molecular weight is 524 g/mol. The molecule has 1 fully saturated rings. The van der Waals surface area contributed by atoms with Crippen LogP contribution in [0.4, 0.5) is 24.5 Å². The summed E-state index contributed by atoms with van der Waals surface area (Å²) in [5.41, 5.74) is 4.30. The lowest BCUT2D eigenvalue weighted by atomic mass is 9.92. The van der Waals surface area contributed by atoms with Crippen molar-refractivity contribution >= 4 is 28.3 Å². The first-order valence-electron chi connectivity index (χ1n) is 12.3. The second kappa shape index (κ2) is 10.1. The van der Waals surface area contributed by atoms with Gasteiger partial charge in [-0.1, -0.05) is 6.07 Å². The van der Waals surface area contributed by atoms with Gasteiger partial charge < -0.3 is 15.1 Å². The quantitative estimate of drug-likeness (QED) is 0.370. The van der Waals surface area contributed by atoms with Crippen LogP contribution in [0.2, 0.25) is 0 Å². The van der Waals surface area contributed by atoms with Crippen LogP contribution in [0.1, 0.15) is 45.1 Å². The van der Waals surface area contributed by atoms with Gasteiger partial charge in [0.2, 0.25) is 0 Å². The number of aryl methyl sites for hydroxylation is 1. The highest BCUT2D eigenvalue weighted by molar-refractivity contribution is 6.04. The summed E-state index contributed by atoms with van der Waals surface area (Å²) in [5.74, 6) is -0.287. The van der Waals surface area contributed by atoms with Gasteiger partial charge in [0.15, 0.2) is 5.65 Å². The van der Waals surface area contributed by atoms with E-state index < -0.39 is 17.6 Å². The third-order valence-electron chi connectivity index (χ3n) is 6.81. The Morgan fingerprint density at radius 2 is 2.00 bits per heavy atom. The molecule has 4 aromatic rings. The number of carbonyl (C=O) groups is 1. The summed E-state index contributed by atoms with van der Waals surface area (Å²) in [7, 11) is 4.00. The molecule has 3 aromatic heterocycles. The van der Waals surface area contributed by atoms with E-state index in [-0.39, 0.29) is 11.6 Å². The molecule has 5 rings (SSSR count). The number of rotatable bonds is 6. The first-order chi connectivity index (χ1) is 18.1. The summed E-state index contributed by atoms with van der Waals surface area (Å²) in [6, 6.07) is 8.40. The number of halogens is 3. The van der Waals surface area contributed by atoms with Crippen LogP contribution in [0.15, 0.2) is 48.9 Å². The largest absolute Gasteiger partial charge is 0.417 e. The number of amides is 1. The van der Waals surface area contributed by atoms with Gasteiger partial charge in [-0.2, -0.15) is 18.3 Å². The number of aromatic amines is 1. The highest BCUT2D eigenvalue weighted by Gasteiger charge is 2.31. The summed E-state index contributed by atoms with van der Waals surface area (Å²) < 4.78 is 39.0. The Labute approximate surface area is 217 Å². The molecule has 1 aromatic carbocycles. The van der Waals surface area contributed by atoms with Crippen molar-refractivity contribution < 1.29 is 18.0 Å². The number of anilines is 2. The molecular weight excluding hydrogens is 495 g/mol. The zero-order valence-corrected chi connectivity index (χ0v) is 21.3. The molecule has 0 aliphatic carbocycles. The predicted octanol–water partition coefficient (Wildman–Crippen LogP) is 4.99. The highest BCUT2D eigenvalue weighted by atomic mass is 19.4. The fourth-order valence-electron chi connectivity index (χ4n) is 4.88. The van der Waals surface area contributed by atoms with Crippen LogP contribution in [0, 0.1) is 6.92 Å². The number of H-pyrrole nitrogens is 1. The molecule has 8 nitrogen and oxygen atoms in total. The number of nitrogens with one attached hydrogen (secondary N) is 2. The number of pyridine rings is 2. The smallest absolute Gasteiger partial charge is 0.370 e. The Hall–Kier alpha value is -3.99. The monoisotopic (exact) mass is 523 g/mol. The number of nitrogens with zero attached hydrogens (tertiary/aromatic N) is 5. The molecule has 38 heavy (non-hydrogen) atoms. The SMILES string of the molecule is Cc1ccc(C(=O)Nc2cncc(C(F)(F)F)c2)cc1C1CCN(c2cnc3n[nH]c(CN(C)C)c3c2)C1. The number of carbonyl (C=O) groups excluding carboxylic acids is 1. The number of hydrogen-bond donors (Lipinski definition) is 2. The van der Waals surface area contributed by atoms with E-state index >= 15 is 0 Å². The van der Waals surface area contributed by atoms with Gasteiger partial charge in [0.25, 0.3) is 5.91 Å². The lowest BCUT2D eigenvalue weighted by molar-refractivity contribution is -0.137. The number of alkyl halides is 3. The van der Waals surface area contributed by atoms with Crippen LogP contribution in [-0.4, -0.2) is 58.2 Å². The Kier molecular flexibility index (Phi) is 6.78. The zero-order valence-electron chi connectivity index (χ0n) is 21.3. The van der Waals surface area contributed by atoms with Crippen LogP contribution < -0.4 is 10.2 Å². The van der Waals surface area contributed by atoms with Crippen molar-refractivity contribution in [1.82, 2.24) is 25.1 Å². The third kappa shape index (κ3) is 5.33. The van der Waals surface area contributed by atoms with Gasteiger partial charge >= 0.3 is 6.18 Å². The van der Waals surface area contributed by atoms with Crippen LogP contribution in [-0.2, 0) is 12.7 Å². The second-order valence-electron chi connectivity index (χ2n) is 9.92. The van der Waals surface area contributed by atoms with Gasteiger partial charge in [0, 0.05) is 42.7 Å². The molecule has 4 heterocycles. The van der Waals surface area contributed by atoms with Gasteiger partial charge in [-0.05, 0) is 62.8 Å². The first kappa shape index (κ1) is 25.7. The minimum Gasteiger partial charge on any atom is -0.370 e. The molecule has 1 amide bonds. The predicted molar refractivity (Wildman–Crippen MR) is 139 cm³/mol. The number of benzene rings is 1. The van der Waals surface area contributed by atoms with Gasteiger partial charge in [0.1, 0.15) is 0 Å². The number of fused-ring (bicyclic) bond motifs is 1. The van der Waals surface area contributed by atoms with E-state index in [4.69, 9.17) is 0 Å². The van der Waals surface area contributed by atoms with E-state index in [1.807, 2.05) is 39.3 Å². The van der Waals surface area contributed by atoms with Gasteiger partial charge in [0.05, 0.1) is 35.0 Å². The number of aromatic nitrogens is 4. The van der Waals surface area contributed by atoms with Crippen molar-refractivity contribution in [3.05, 3.63) is 76.9 Å².